The van der Waals surface area contributed by atoms with Crippen LogP contribution in [0.2, 0.25) is 0 Å². The standard InChI is InChI=1S/C18H24N2/c1-13(2)15-7-9-16(10-8-15)18(12-19)20-17-6-4-5-14(3)11-17/h4-11,13,18,20H,12,19H2,1-3H3. The summed E-state index contributed by atoms with van der Waals surface area (Å²) >= 11 is 0. The summed E-state index contributed by atoms with van der Waals surface area (Å²) < 4.78 is 0. The van der Waals surface area contributed by atoms with Crippen molar-refractivity contribution in [2.75, 3.05) is 11.9 Å². The molecule has 20 heavy (non-hydrogen) atoms. The number of nitrogens with one attached hydrogen (secondary N) is 1. The molecule has 0 fully saturated rings. The lowest BCUT2D eigenvalue weighted by molar-refractivity contribution is 0.786. The fourth-order valence-electron chi connectivity index (χ4n) is 2.33. The first kappa shape index (κ1) is 14.6. The number of benzene rings is 2. The molecule has 2 rings (SSSR count). The van der Waals surface area contributed by atoms with Crippen LogP contribution >= 0.6 is 0 Å². The van der Waals surface area contributed by atoms with Crippen molar-refractivity contribution in [2.45, 2.75) is 32.7 Å². The highest BCUT2D eigenvalue weighted by Gasteiger charge is 2.10. The summed E-state index contributed by atoms with van der Waals surface area (Å²) in [7, 11) is 0. The summed E-state index contributed by atoms with van der Waals surface area (Å²) in [6.45, 7) is 7.09. The van der Waals surface area contributed by atoms with E-state index >= 15 is 0 Å². The van der Waals surface area contributed by atoms with Crippen molar-refractivity contribution >= 4 is 5.69 Å². The fraction of sp³-hybridized carbons (Fsp3) is 0.333. The molecule has 2 aromatic rings. The first-order chi connectivity index (χ1) is 9.60. The number of hydrogen-bond donors (Lipinski definition) is 2. The van der Waals surface area contributed by atoms with Crippen LogP contribution in [0.25, 0.3) is 0 Å². The zero-order valence-electron chi connectivity index (χ0n) is 12.6. The lowest BCUT2D eigenvalue weighted by Crippen LogP contribution is -2.20. The van der Waals surface area contributed by atoms with E-state index < -0.39 is 0 Å². The van der Waals surface area contributed by atoms with Crippen LogP contribution in [0.1, 0.15) is 42.5 Å². The van der Waals surface area contributed by atoms with Gasteiger partial charge < -0.3 is 11.1 Å². The van der Waals surface area contributed by atoms with E-state index in [-0.39, 0.29) is 6.04 Å². The van der Waals surface area contributed by atoms with Gasteiger partial charge in [-0.2, -0.15) is 0 Å². The third kappa shape index (κ3) is 3.61. The second-order valence-electron chi connectivity index (χ2n) is 5.62. The zero-order chi connectivity index (χ0) is 14.5. The molecule has 0 amide bonds. The van der Waals surface area contributed by atoms with E-state index in [4.69, 9.17) is 5.73 Å². The van der Waals surface area contributed by atoms with E-state index in [0.717, 1.165) is 5.69 Å². The number of rotatable bonds is 5. The molecular formula is C18H24N2. The Labute approximate surface area is 122 Å². The first-order valence-corrected chi connectivity index (χ1v) is 7.23. The molecule has 0 aliphatic heterocycles. The zero-order valence-corrected chi connectivity index (χ0v) is 12.6. The minimum absolute atomic E-state index is 0.151. The highest BCUT2D eigenvalue weighted by molar-refractivity contribution is 5.48. The van der Waals surface area contributed by atoms with Gasteiger partial charge in [0.2, 0.25) is 0 Å². The van der Waals surface area contributed by atoms with Gasteiger partial charge in [-0.3, -0.25) is 0 Å². The summed E-state index contributed by atoms with van der Waals surface area (Å²) in [4.78, 5) is 0. The Morgan fingerprint density at radius 1 is 1.00 bits per heavy atom. The summed E-state index contributed by atoms with van der Waals surface area (Å²) in [5, 5.41) is 3.51. The van der Waals surface area contributed by atoms with Crippen molar-refractivity contribution in [1.29, 1.82) is 0 Å². The van der Waals surface area contributed by atoms with Gasteiger partial charge in [-0.25, -0.2) is 0 Å². The molecule has 0 spiro atoms. The van der Waals surface area contributed by atoms with Crippen LogP contribution in [-0.4, -0.2) is 6.54 Å². The van der Waals surface area contributed by atoms with Crippen LogP contribution in [0.5, 0.6) is 0 Å². The average molecular weight is 268 g/mol. The predicted octanol–water partition coefficient (Wildman–Crippen LogP) is 4.23. The van der Waals surface area contributed by atoms with Crippen molar-refractivity contribution in [2.24, 2.45) is 5.73 Å². The molecule has 2 nitrogen and oxygen atoms in total. The molecule has 2 heteroatoms. The summed E-state index contributed by atoms with van der Waals surface area (Å²) in [6.07, 6.45) is 0. The third-order valence-electron chi connectivity index (χ3n) is 3.60. The van der Waals surface area contributed by atoms with Gasteiger partial charge in [-0.1, -0.05) is 50.2 Å². The SMILES string of the molecule is Cc1cccc(NC(CN)c2ccc(C(C)C)cc2)c1. The summed E-state index contributed by atoms with van der Waals surface area (Å²) in [5.74, 6) is 0.560. The van der Waals surface area contributed by atoms with Crippen LogP contribution in [0.4, 0.5) is 5.69 Å². The molecule has 0 bridgehead atoms. The molecule has 0 saturated carbocycles. The molecule has 106 valence electrons. The van der Waals surface area contributed by atoms with E-state index in [9.17, 15) is 0 Å². The van der Waals surface area contributed by atoms with Crippen molar-refractivity contribution in [3.63, 3.8) is 0 Å². The predicted molar refractivity (Wildman–Crippen MR) is 87.1 cm³/mol. The van der Waals surface area contributed by atoms with Crippen molar-refractivity contribution in [3.8, 4) is 0 Å². The van der Waals surface area contributed by atoms with Gasteiger partial charge in [-0.05, 0) is 41.7 Å². The summed E-state index contributed by atoms with van der Waals surface area (Å²) in [6, 6.07) is 17.3. The number of aryl methyl sites for hydroxylation is 1. The second kappa shape index (κ2) is 6.58. The van der Waals surface area contributed by atoms with Gasteiger partial charge in [0.15, 0.2) is 0 Å². The number of nitrogens with two attached hydrogens (primary N) is 1. The van der Waals surface area contributed by atoms with Crippen LogP contribution in [-0.2, 0) is 0 Å². The topological polar surface area (TPSA) is 38.0 Å². The minimum Gasteiger partial charge on any atom is -0.377 e. The Balaban J connectivity index is 2.15. The first-order valence-electron chi connectivity index (χ1n) is 7.23. The van der Waals surface area contributed by atoms with Crippen LogP contribution in [0.15, 0.2) is 48.5 Å². The lowest BCUT2D eigenvalue weighted by atomic mass is 9.99. The maximum Gasteiger partial charge on any atom is 0.0636 e. The molecule has 0 aromatic heterocycles. The Kier molecular flexibility index (Phi) is 4.80. The smallest absolute Gasteiger partial charge is 0.0636 e. The Morgan fingerprint density at radius 3 is 2.20 bits per heavy atom. The van der Waals surface area contributed by atoms with E-state index in [0.29, 0.717) is 12.5 Å². The lowest BCUT2D eigenvalue weighted by Gasteiger charge is -2.19. The monoisotopic (exact) mass is 268 g/mol. The molecule has 0 heterocycles. The van der Waals surface area contributed by atoms with E-state index in [1.54, 1.807) is 0 Å². The van der Waals surface area contributed by atoms with Gasteiger partial charge in [0.1, 0.15) is 0 Å². The molecular weight excluding hydrogens is 244 g/mol. The van der Waals surface area contributed by atoms with Crippen LogP contribution in [0, 0.1) is 6.92 Å². The molecule has 3 N–H and O–H groups in total. The summed E-state index contributed by atoms with van der Waals surface area (Å²) in [5.41, 5.74) is 10.9. The Bertz CT molecular complexity index is 544. The second-order valence-corrected chi connectivity index (χ2v) is 5.62. The maximum absolute atomic E-state index is 5.93. The Hall–Kier alpha value is -1.80. The number of anilines is 1. The van der Waals surface area contributed by atoms with Gasteiger partial charge in [0, 0.05) is 12.2 Å². The fourth-order valence-corrected chi connectivity index (χ4v) is 2.33. The molecule has 0 aliphatic rings. The third-order valence-corrected chi connectivity index (χ3v) is 3.60. The van der Waals surface area contributed by atoms with Gasteiger partial charge >= 0.3 is 0 Å². The van der Waals surface area contributed by atoms with Crippen molar-refractivity contribution in [1.82, 2.24) is 0 Å². The molecule has 1 unspecified atom stereocenters. The Morgan fingerprint density at radius 2 is 1.65 bits per heavy atom. The quantitative estimate of drug-likeness (QED) is 0.851. The largest absolute Gasteiger partial charge is 0.377 e. The van der Waals surface area contributed by atoms with Crippen LogP contribution < -0.4 is 11.1 Å². The van der Waals surface area contributed by atoms with Gasteiger partial charge in [0.25, 0.3) is 0 Å². The maximum atomic E-state index is 5.93. The normalized spacial score (nSPS) is 12.4. The highest BCUT2D eigenvalue weighted by Crippen LogP contribution is 2.22. The highest BCUT2D eigenvalue weighted by atomic mass is 14.9. The molecule has 1 atom stereocenters. The van der Waals surface area contributed by atoms with E-state index in [2.05, 4.69) is 74.6 Å². The minimum atomic E-state index is 0.151. The van der Waals surface area contributed by atoms with E-state index in [1.165, 1.54) is 16.7 Å². The van der Waals surface area contributed by atoms with Crippen molar-refractivity contribution < 1.29 is 0 Å². The average Bonchev–Trinajstić information content (AvgIpc) is 2.45. The molecule has 0 saturated heterocycles. The number of hydrogen-bond acceptors (Lipinski definition) is 2. The van der Waals surface area contributed by atoms with Crippen LogP contribution in [0.3, 0.4) is 0 Å². The van der Waals surface area contributed by atoms with E-state index in [1.807, 2.05) is 0 Å². The molecule has 0 aliphatic carbocycles. The van der Waals surface area contributed by atoms with Gasteiger partial charge in [0.05, 0.1) is 6.04 Å². The van der Waals surface area contributed by atoms with Gasteiger partial charge in [-0.15, -0.1) is 0 Å². The molecule has 0 radical (unpaired) electrons. The molecule has 2 aromatic carbocycles. The van der Waals surface area contributed by atoms with Crippen molar-refractivity contribution in [3.05, 3.63) is 65.2 Å².